The van der Waals surface area contributed by atoms with Gasteiger partial charge in [0.25, 0.3) is 0 Å². The molecule has 2 rings (SSSR count). The van der Waals surface area contributed by atoms with E-state index in [1.807, 2.05) is 12.1 Å². The molecule has 19 heavy (non-hydrogen) atoms. The van der Waals surface area contributed by atoms with E-state index in [9.17, 15) is 0 Å². The number of rotatable bonds is 4. The quantitative estimate of drug-likeness (QED) is 0.830. The van der Waals surface area contributed by atoms with Crippen LogP contribution in [0.15, 0.2) is 24.3 Å². The second-order valence-electron chi connectivity index (χ2n) is 5.28. The molecule has 0 radical (unpaired) electrons. The molecule has 0 amide bonds. The van der Waals surface area contributed by atoms with Crippen molar-refractivity contribution >= 4 is 0 Å². The Labute approximate surface area is 116 Å². The molecular weight excluding hydrogens is 234 g/mol. The summed E-state index contributed by atoms with van der Waals surface area (Å²) in [4.78, 5) is 5.09. The maximum absolute atomic E-state index is 8.80. The van der Waals surface area contributed by atoms with Crippen LogP contribution in [0.3, 0.4) is 0 Å². The first kappa shape index (κ1) is 14.0. The zero-order valence-electron chi connectivity index (χ0n) is 11.8. The SMILES string of the molecule is CCCN1CCCN(Cc2ccc(C#N)cc2)CC1. The topological polar surface area (TPSA) is 30.3 Å². The molecule has 1 aliphatic heterocycles. The van der Waals surface area contributed by atoms with Crippen LogP contribution in [-0.4, -0.2) is 42.5 Å². The van der Waals surface area contributed by atoms with Gasteiger partial charge in [0.05, 0.1) is 11.6 Å². The fourth-order valence-electron chi connectivity index (χ4n) is 2.67. The van der Waals surface area contributed by atoms with E-state index in [4.69, 9.17) is 5.26 Å². The van der Waals surface area contributed by atoms with Gasteiger partial charge in [0.1, 0.15) is 0 Å². The Hall–Kier alpha value is -1.37. The van der Waals surface area contributed by atoms with Gasteiger partial charge in [-0.3, -0.25) is 4.90 Å². The monoisotopic (exact) mass is 257 g/mol. The number of benzene rings is 1. The molecule has 0 atom stereocenters. The Kier molecular flexibility index (Phi) is 5.38. The van der Waals surface area contributed by atoms with Crippen molar-refractivity contribution in [3.63, 3.8) is 0 Å². The van der Waals surface area contributed by atoms with Crippen LogP contribution in [0, 0.1) is 11.3 Å². The van der Waals surface area contributed by atoms with E-state index in [-0.39, 0.29) is 0 Å². The van der Waals surface area contributed by atoms with Crippen LogP contribution in [0.4, 0.5) is 0 Å². The lowest BCUT2D eigenvalue weighted by Gasteiger charge is -2.21. The highest BCUT2D eigenvalue weighted by atomic mass is 15.2. The minimum atomic E-state index is 0.744. The van der Waals surface area contributed by atoms with E-state index in [2.05, 4.69) is 34.9 Å². The van der Waals surface area contributed by atoms with Gasteiger partial charge in [-0.25, -0.2) is 0 Å². The Balaban J connectivity index is 1.87. The Morgan fingerprint density at radius 1 is 1.05 bits per heavy atom. The van der Waals surface area contributed by atoms with Crippen LogP contribution in [0.25, 0.3) is 0 Å². The predicted molar refractivity (Wildman–Crippen MR) is 77.8 cm³/mol. The summed E-state index contributed by atoms with van der Waals surface area (Å²) < 4.78 is 0. The summed E-state index contributed by atoms with van der Waals surface area (Å²) in [5, 5.41) is 8.80. The van der Waals surface area contributed by atoms with Gasteiger partial charge in [0.2, 0.25) is 0 Å². The summed E-state index contributed by atoms with van der Waals surface area (Å²) >= 11 is 0. The first-order valence-corrected chi connectivity index (χ1v) is 7.25. The molecular formula is C16H23N3. The largest absolute Gasteiger partial charge is 0.302 e. The van der Waals surface area contributed by atoms with Gasteiger partial charge in [-0.1, -0.05) is 19.1 Å². The summed E-state index contributed by atoms with van der Waals surface area (Å²) in [7, 11) is 0. The lowest BCUT2D eigenvalue weighted by molar-refractivity contribution is 0.252. The standard InChI is InChI=1S/C16H23N3/c1-2-8-18-9-3-10-19(12-11-18)14-16-6-4-15(13-17)5-7-16/h4-7H,2-3,8-12,14H2,1H3. The molecule has 0 aromatic heterocycles. The third-order valence-corrected chi connectivity index (χ3v) is 3.71. The Morgan fingerprint density at radius 3 is 2.42 bits per heavy atom. The lowest BCUT2D eigenvalue weighted by Crippen LogP contribution is -2.31. The molecule has 0 spiro atoms. The summed E-state index contributed by atoms with van der Waals surface area (Å²) in [6, 6.07) is 10.1. The van der Waals surface area contributed by atoms with Crippen LogP contribution < -0.4 is 0 Å². The fourth-order valence-corrected chi connectivity index (χ4v) is 2.67. The summed E-state index contributed by atoms with van der Waals surface area (Å²) in [6.07, 6.45) is 2.51. The number of nitrogens with zero attached hydrogens (tertiary/aromatic N) is 3. The first-order valence-electron chi connectivity index (χ1n) is 7.25. The third kappa shape index (κ3) is 4.34. The average molecular weight is 257 g/mol. The van der Waals surface area contributed by atoms with Crippen molar-refractivity contribution in [3.05, 3.63) is 35.4 Å². The molecule has 1 heterocycles. The molecule has 1 aromatic rings. The van der Waals surface area contributed by atoms with Gasteiger partial charge in [-0.2, -0.15) is 5.26 Å². The van der Waals surface area contributed by atoms with Crippen molar-refractivity contribution in [1.29, 1.82) is 5.26 Å². The second-order valence-corrected chi connectivity index (χ2v) is 5.28. The zero-order valence-corrected chi connectivity index (χ0v) is 11.8. The molecule has 1 aromatic carbocycles. The van der Waals surface area contributed by atoms with Gasteiger partial charge in [0, 0.05) is 19.6 Å². The number of nitriles is 1. The van der Waals surface area contributed by atoms with Crippen LogP contribution >= 0.6 is 0 Å². The molecule has 1 aliphatic rings. The number of hydrogen-bond acceptors (Lipinski definition) is 3. The minimum absolute atomic E-state index is 0.744. The van der Waals surface area contributed by atoms with Crippen LogP contribution in [0.2, 0.25) is 0 Å². The van der Waals surface area contributed by atoms with E-state index >= 15 is 0 Å². The van der Waals surface area contributed by atoms with E-state index in [0.717, 1.165) is 18.7 Å². The second kappa shape index (κ2) is 7.28. The molecule has 0 unspecified atom stereocenters. The Morgan fingerprint density at radius 2 is 1.74 bits per heavy atom. The highest BCUT2D eigenvalue weighted by Crippen LogP contribution is 2.10. The molecule has 3 nitrogen and oxygen atoms in total. The summed E-state index contributed by atoms with van der Waals surface area (Å²) in [6.45, 7) is 9.23. The van der Waals surface area contributed by atoms with E-state index < -0.39 is 0 Å². The fraction of sp³-hybridized carbons (Fsp3) is 0.562. The van der Waals surface area contributed by atoms with Crippen molar-refractivity contribution < 1.29 is 0 Å². The molecule has 0 saturated carbocycles. The van der Waals surface area contributed by atoms with Gasteiger partial charge in [-0.05, 0) is 50.2 Å². The molecule has 1 saturated heterocycles. The molecule has 3 heteroatoms. The van der Waals surface area contributed by atoms with Crippen molar-refractivity contribution in [2.75, 3.05) is 32.7 Å². The summed E-state index contributed by atoms with van der Waals surface area (Å²) in [5.41, 5.74) is 2.05. The summed E-state index contributed by atoms with van der Waals surface area (Å²) in [5.74, 6) is 0. The van der Waals surface area contributed by atoms with Crippen molar-refractivity contribution in [2.24, 2.45) is 0 Å². The zero-order chi connectivity index (χ0) is 13.5. The van der Waals surface area contributed by atoms with Gasteiger partial charge in [0.15, 0.2) is 0 Å². The van der Waals surface area contributed by atoms with Crippen LogP contribution in [0.5, 0.6) is 0 Å². The molecule has 102 valence electrons. The smallest absolute Gasteiger partial charge is 0.0991 e. The highest BCUT2D eigenvalue weighted by Gasteiger charge is 2.14. The van der Waals surface area contributed by atoms with E-state index in [1.54, 1.807) is 0 Å². The van der Waals surface area contributed by atoms with Crippen molar-refractivity contribution in [2.45, 2.75) is 26.3 Å². The molecule has 0 N–H and O–H groups in total. The first-order chi connectivity index (χ1) is 9.31. The molecule has 0 bridgehead atoms. The average Bonchev–Trinajstić information content (AvgIpc) is 2.66. The highest BCUT2D eigenvalue weighted by molar-refractivity contribution is 5.31. The lowest BCUT2D eigenvalue weighted by atomic mass is 10.1. The van der Waals surface area contributed by atoms with Crippen molar-refractivity contribution in [3.8, 4) is 6.07 Å². The normalized spacial score (nSPS) is 17.9. The minimum Gasteiger partial charge on any atom is -0.302 e. The van der Waals surface area contributed by atoms with Gasteiger partial charge >= 0.3 is 0 Å². The maximum Gasteiger partial charge on any atom is 0.0991 e. The van der Waals surface area contributed by atoms with Gasteiger partial charge in [-0.15, -0.1) is 0 Å². The van der Waals surface area contributed by atoms with Crippen molar-refractivity contribution in [1.82, 2.24) is 9.80 Å². The number of hydrogen-bond donors (Lipinski definition) is 0. The predicted octanol–water partition coefficient (Wildman–Crippen LogP) is 2.48. The Bertz CT molecular complexity index is 419. The third-order valence-electron chi connectivity index (χ3n) is 3.71. The van der Waals surface area contributed by atoms with E-state index in [0.29, 0.717) is 0 Å². The van der Waals surface area contributed by atoms with Crippen LogP contribution in [0.1, 0.15) is 30.9 Å². The molecule has 1 fully saturated rings. The van der Waals surface area contributed by atoms with E-state index in [1.165, 1.54) is 44.6 Å². The molecule has 0 aliphatic carbocycles. The van der Waals surface area contributed by atoms with Crippen LogP contribution in [-0.2, 0) is 6.54 Å². The maximum atomic E-state index is 8.80. The van der Waals surface area contributed by atoms with Gasteiger partial charge < -0.3 is 4.90 Å².